The third kappa shape index (κ3) is 3.08. The Hall–Kier alpha value is -2.69. The standard InChI is InChI=1S/C16H17N5/c17-15-14-13(20-16(18)21-15)10-9-12(19-14)8-4-7-11-5-2-1-3-6-11/h1-3,5-6,9-10H,4,7-8H2,(H4,17,18,20,21). The van der Waals surface area contributed by atoms with Crippen LogP contribution in [0.2, 0.25) is 0 Å². The number of hydrogen-bond donors (Lipinski definition) is 2. The van der Waals surface area contributed by atoms with Crippen molar-refractivity contribution in [3.63, 3.8) is 0 Å². The summed E-state index contributed by atoms with van der Waals surface area (Å²) in [6.07, 6.45) is 2.97. The van der Waals surface area contributed by atoms with E-state index in [-0.39, 0.29) is 5.95 Å². The first-order valence-electron chi connectivity index (χ1n) is 6.95. The molecule has 0 atom stereocenters. The molecular formula is C16H17N5. The molecule has 2 heterocycles. The third-order valence-corrected chi connectivity index (χ3v) is 3.39. The Labute approximate surface area is 123 Å². The van der Waals surface area contributed by atoms with Crippen LogP contribution in [0.3, 0.4) is 0 Å². The predicted octanol–water partition coefficient (Wildman–Crippen LogP) is 2.36. The number of fused-ring (bicyclic) bond motifs is 1. The molecule has 0 radical (unpaired) electrons. The number of hydrogen-bond acceptors (Lipinski definition) is 5. The Balaban J connectivity index is 1.73. The first kappa shape index (κ1) is 13.3. The van der Waals surface area contributed by atoms with Crippen molar-refractivity contribution in [3.05, 3.63) is 53.7 Å². The summed E-state index contributed by atoms with van der Waals surface area (Å²) < 4.78 is 0. The maximum atomic E-state index is 5.85. The molecule has 0 fully saturated rings. The van der Waals surface area contributed by atoms with Crippen LogP contribution in [0.25, 0.3) is 11.0 Å². The van der Waals surface area contributed by atoms with Gasteiger partial charge in [0.25, 0.3) is 0 Å². The van der Waals surface area contributed by atoms with Crippen molar-refractivity contribution >= 4 is 22.8 Å². The van der Waals surface area contributed by atoms with Gasteiger partial charge in [-0.3, -0.25) is 0 Å². The lowest BCUT2D eigenvalue weighted by Crippen LogP contribution is -2.03. The maximum Gasteiger partial charge on any atom is 0.222 e. The Bertz CT molecular complexity index is 755. The van der Waals surface area contributed by atoms with E-state index in [4.69, 9.17) is 11.5 Å². The van der Waals surface area contributed by atoms with E-state index in [0.29, 0.717) is 16.9 Å². The Morgan fingerprint density at radius 2 is 1.62 bits per heavy atom. The second-order valence-corrected chi connectivity index (χ2v) is 4.98. The van der Waals surface area contributed by atoms with E-state index in [1.54, 1.807) is 0 Å². The lowest BCUT2D eigenvalue weighted by Gasteiger charge is -2.05. The van der Waals surface area contributed by atoms with Crippen molar-refractivity contribution in [2.24, 2.45) is 0 Å². The highest BCUT2D eigenvalue weighted by molar-refractivity contribution is 5.84. The zero-order valence-corrected chi connectivity index (χ0v) is 11.7. The van der Waals surface area contributed by atoms with Gasteiger partial charge in [-0.2, -0.15) is 4.98 Å². The normalized spacial score (nSPS) is 10.9. The number of anilines is 2. The van der Waals surface area contributed by atoms with E-state index in [0.717, 1.165) is 25.0 Å². The van der Waals surface area contributed by atoms with Gasteiger partial charge in [-0.1, -0.05) is 30.3 Å². The number of benzene rings is 1. The molecule has 0 aliphatic heterocycles. The van der Waals surface area contributed by atoms with Crippen LogP contribution in [-0.4, -0.2) is 15.0 Å². The molecule has 4 N–H and O–H groups in total. The molecule has 0 spiro atoms. The van der Waals surface area contributed by atoms with Crippen LogP contribution < -0.4 is 11.5 Å². The van der Waals surface area contributed by atoms with Crippen molar-refractivity contribution in [1.29, 1.82) is 0 Å². The molecule has 0 saturated heterocycles. The fourth-order valence-corrected chi connectivity index (χ4v) is 2.35. The Morgan fingerprint density at radius 3 is 2.43 bits per heavy atom. The topological polar surface area (TPSA) is 90.7 Å². The molecule has 0 saturated carbocycles. The molecule has 0 aliphatic carbocycles. The van der Waals surface area contributed by atoms with E-state index in [1.165, 1.54) is 5.56 Å². The quantitative estimate of drug-likeness (QED) is 0.765. The molecule has 0 bridgehead atoms. The molecule has 3 aromatic rings. The number of nitrogens with zero attached hydrogens (tertiary/aromatic N) is 3. The van der Waals surface area contributed by atoms with Gasteiger partial charge < -0.3 is 11.5 Å². The number of nitrogens with two attached hydrogens (primary N) is 2. The van der Waals surface area contributed by atoms with Crippen LogP contribution in [0, 0.1) is 0 Å². The zero-order valence-electron chi connectivity index (χ0n) is 11.7. The smallest absolute Gasteiger partial charge is 0.222 e. The maximum absolute atomic E-state index is 5.85. The molecule has 21 heavy (non-hydrogen) atoms. The molecule has 3 rings (SSSR count). The first-order valence-corrected chi connectivity index (χ1v) is 6.95. The molecule has 2 aromatic heterocycles. The molecule has 1 aromatic carbocycles. The highest BCUT2D eigenvalue weighted by atomic mass is 15.0. The summed E-state index contributed by atoms with van der Waals surface area (Å²) in [7, 11) is 0. The molecule has 0 unspecified atom stereocenters. The molecule has 5 nitrogen and oxygen atoms in total. The highest BCUT2D eigenvalue weighted by Crippen LogP contribution is 2.17. The van der Waals surface area contributed by atoms with Gasteiger partial charge >= 0.3 is 0 Å². The number of pyridine rings is 1. The van der Waals surface area contributed by atoms with E-state index in [1.807, 2.05) is 18.2 Å². The Morgan fingerprint density at radius 1 is 0.810 bits per heavy atom. The van der Waals surface area contributed by atoms with E-state index in [9.17, 15) is 0 Å². The first-order chi connectivity index (χ1) is 10.2. The van der Waals surface area contributed by atoms with Crippen LogP contribution >= 0.6 is 0 Å². The van der Waals surface area contributed by atoms with Gasteiger partial charge in [0.05, 0.1) is 5.52 Å². The molecular weight excluding hydrogens is 262 g/mol. The average molecular weight is 279 g/mol. The minimum atomic E-state index is 0.179. The fourth-order valence-electron chi connectivity index (χ4n) is 2.35. The van der Waals surface area contributed by atoms with Crippen molar-refractivity contribution in [3.8, 4) is 0 Å². The summed E-state index contributed by atoms with van der Waals surface area (Å²) in [4.78, 5) is 12.6. The summed E-state index contributed by atoms with van der Waals surface area (Å²) >= 11 is 0. The van der Waals surface area contributed by atoms with E-state index < -0.39 is 0 Å². The van der Waals surface area contributed by atoms with Gasteiger partial charge in [0.2, 0.25) is 5.95 Å². The van der Waals surface area contributed by atoms with Crippen LogP contribution in [0.1, 0.15) is 17.7 Å². The number of aromatic nitrogens is 3. The summed E-state index contributed by atoms with van der Waals surface area (Å²) in [5.41, 5.74) is 15.1. The highest BCUT2D eigenvalue weighted by Gasteiger charge is 2.06. The van der Waals surface area contributed by atoms with Crippen molar-refractivity contribution in [1.82, 2.24) is 15.0 Å². The van der Waals surface area contributed by atoms with Gasteiger partial charge in [-0.15, -0.1) is 0 Å². The zero-order chi connectivity index (χ0) is 14.7. The second kappa shape index (κ2) is 5.75. The average Bonchev–Trinajstić information content (AvgIpc) is 2.49. The van der Waals surface area contributed by atoms with Gasteiger partial charge in [0.1, 0.15) is 5.52 Å². The third-order valence-electron chi connectivity index (χ3n) is 3.39. The number of aryl methyl sites for hydroxylation is 2. The SMILES string of the molecule is Nc1nc(N)c2nc(CCCc3ccccc3)ccc2n1. The molecule has 0 amide bonds. The van der Waals surface area contributed by atoms with Gasteiger partial charge in [-0.05, 0) is 37.0 Å². The van der Waals surface area contributed by atoms with Crippen LogP contribution in [0.15, 0.2) is 42.5 Å². The largest absolute Gasteiger partial charge is 0.382 e. The van der Waals surface area contributed by atoms with Crippen LogP contribution in [0.5, 0.6) is 0 Å². The summed E-state index contributed by atoms with van der Waals surface area (Å²) in [5, 5.41) is 0. The monoisotopic (exact) mass is 279 g/mol. The minimum absolute atomic E-state index is 0.179. The number of nitrogen functional groups attached to an aromatic ring is 2. The van der Waals surface area contributed by atoms with E-state index in [2.05, 4.69) is 39.2 Å². The van der Waals surface area contributed by atoms with Gasteiger partial charge in [0, 0.05) is 5.69 Å². The molecule has 106 valence electrons. The predicted molar refractivity (Wildman–Crippen MR) is 84.6 cm³/mol. The van der Waals surface area contributed by atoms with Crippen molar-refractivity contribution in [2.45, 2.75) is 19.3 Å². The lowest BCUT2D eigenvalue weighted by atomic mass is 10.1. The summed E-state index contributed by atoms with van der Waals surface area (Å²) in [6, 6.07) is 14.3. The molecule has 5 heteroatoms. The molecule has 0 aliphatic rings. The van der Waals surface area contributed by atoms with E-state index >= 15 is 0 Å². The summed E-state index contributed by atoms with van der Waals surface area (Å²) in [6.45, 7) is 0. The number of rotatable bonds is 4. The van der Waals surface area contributed by atoms with Crippen LogP contribution in [0.4, 0.5) is 11.8 Å². The van der Waals surface area contributed by atoms with Gasteiger partial charge in [-0.25, -0.2) is 9.97 Å². The van der Waals surface area contributed by atoms with Gasteiger partial charge in [0.15, 0.2) is 5.82 Å². The van der Waals surface area contributed by atoms with Crippen molar-refractivity contribution in [2.75, 3.05) is 11.5 Å². The Kier molecular flexibility index (Phi) is 3.64. The van der Waals surface area contributed by atoms with Crippen LogP contribution in [-0.2, 0) is 12.8 Å². The minimum Gasteiger partial charge on any atom is -0.382 e. The summed E-state index contributed by atoms with van der Waals surface area (Å²) in [5.74, 6) is 0.515. The van der Waals surface area contributed by atoms with Crippen molar-refractivity contribution < 1.29 is 0 Å². The second-order valence-electron chi connectivity index (χ2n) is 4.98. The lowest BCUT2D eigenvalue weighted by molar-refractivity contribution is 0.802. The fraction of sp³-hybridized carbons (Fsp3) is 0.188.